The number of hydrogen-bond acceptors (Lipinski definition) is 5. The summed E-state index contributed by atoms with van der Waals surface area (Å²) in [6, 6.07) is 14.8. The number of phenolic OH excluding ortho intramolecular Hbond substituents is 1. The second-order valence-corrected chi connectivity index (χ2v) is 6.77. The van der Waals surface area contributed by atoms with Crippen LogP contribution in [0, 0.1) is 0 Å². The average molecular weight is 339 g/mol. The van der Waals surface area contributed by atoms with Gasteiger partial charge in [0.1, 0.15) is 5.75 Å². The van der Waals surface area contributed by atoms with Gasteiger partial charge in [-0.05, 0) is 24.3 Å². The first-order valence-electron chi connectivity index (χ1n) is 7.90. The molecule has 1 aromatic heterocycles. The Morgan fingerprint density at radius 2 is 1.71 bits per heavy atom. The highest BCUT2D eigenvalue weighted by molar-refractivity contribution is 7.22. The number of thiazole rings is 1. The van der Waals surface area contributed by atoms with Gasteiger partial charge >= 0.3 is 0 Å². The predicted molar refractivity (Wildman–Crippen MR) is 95.8 cm³/mol. The molecule has 1 aliphatic heterocycles. The molecule has 4 rings (SSSR count). The number of fused-ring (bicyclic) bond motifs is 1. The third kappa shape index (κ3) is 2.69. The van der Waals surface area contributed by atoms with Crippen molar-refractivity contribution >= 4 is 32.6 Å². The third-order valence-electron chi connectivity index (χ3n) is 4.25. The Balaban J connectivity index is 1.47. The van der Waals surface area contributed by atoms with E-state index in [-0.39, 0.29) is 11.7 Å². The van der Waals surface area contributed by atoms with E-state index in [9.17, 15) is 9.90 Å². The van der Waals surface area contributed by atoms with Crippen LogP contribution >= 0.6 is 11.3 Å². The van der Waals surface area contributed by atoms with Crippen molar-refractivity contribution < 1.29 is 9.90 Å². The summed E-state index contributed by atoms with van der Waals surface area (Å²) < 4.78 is 1.18. The zero-order valence-corrected chi connectivity index (χ0v) is 13.9. The second kappa shape index (κ2) is 6.13. The van der Waals surface area contributed by atoms with E-state index < -0.39 is 0 Å². The van der Waals surface area contributed by atoms with Crippen LogP contribution in [-0.2, 0) is 0 Å². The van der Waals surface area contributed by atoms with E-state index in [0.717, 1.165) is 23.7 Å². The molecular weight excluding hydrogens is 322 g/mol. The summed E-state index contributed by atoms with van der Waals surface area (Å²) >= 11 is 1.68. The summed E-state index contributed by atoms with van der Waals surface area (Å²) in [4.78, 5) is 21.2. The Hall–Kier alpha value is -2.60. The summed E-state index contributed by atoms with van der Waals surface area (Å²) in [5.41, 5.74) is 1.39. The van der Waals surface area contributed by atoms with Gasteiger partial charge in [0.2, 0.25) is 0 Å². The predicted octanol–water partition coefficient (Wildman–Crippen LogP) is 2.96. The van der Waals surface area contributed by atoms with E-state index in [0.29, 0.717) is 18.7 Å². The maximum Gasteiger partial charge on any atom is 0.257 e. The molecule has 1 N–H and O–H groups in total. The van der Waals surface area contributed by atoms with Crippen LogP contribution in [0.3, 0.4) is 0 Å². The molecule has 1 fully saturated rings. The number of carbonyl (C=O) groups is 1. The molecule has 0 spiro atoms. The first-order valence-corrected chi connectivity index (χ1v) is 8.72. The largest absolute Gasteiger partial charge is 0.507 e. The van der Waals surface area contributed by atoms with Gasteiger partial charge in [0.15, 0.2) is 5.13 Å². The number of aromatic hydroxyl groups is 1. The van der Waals surface area contributed by atoms with Crippen molar-refractivity contribution in [2.24, 2.45) is 0 Å². The molecule has 0 aliphatic carbocycles. The molecule has 2 aromatic carbocycles. The van der Waals surface area contributed by atoms with E-state index in [4.69, 9.17) is 0 Å². The van der Waals surface area contributed by atoms with Gasteiger partial charge in [-0.25, -0.2) is 4.98 Å². The van der Waals surface area contributed by atoms with E-state index in [1.807, 2.05) is 18.2 Å². The maximum atomic E-state index is 12.5. The number of aromatic nitrogens is 1. The minimum absolute atomic E-state index is 0.0381. The maximum absolute atomic E-state index is 12.5. The molecule has 24 heavy (non-hydrogen) atoms. The van der Waals surface area contributed by atoms with Gasteiger partial charge in [0.05, 0.1) is 15.8 Å². The quantitative estimate of drug-likeness (QED) is 0.780. The van der Waals surface area contributed by atoms with Gasteiger partial charge in [-0.3, -0.25) is 4.79 Å². The van der Waals surface area contributed by atoms with E-state index in [2.05, 4.69) is 16.0 Å². The normalized spacial score (nSPS) is 15.0. The fraction of sp³-hybridized carbons (Fsp3) is 0.222. The number of para-hydroxylation sites is 2. The number of hydrogen-bond donors (Lipinski definition) is 1. The number of carbonyl (C=O) groups excluding carboxylic acids is 1. The number of phenols is 1. The molecule has 1 saturated heterocycles. The lowest BCUT2D eigenvalue weighted by atomic mass is 10.1. The Morgan fingerprint density at radius 1 is 1.00 bits per heavy atom. The topological polar surface area (TPSA) is 56.7 Å². The van der Waals surface area contributed by atoms with Crippen LogP contribution in [0.25, 0.3) is 10.2 Å². The molecule has 0 bridgehead atoms. The molecule has 0 atom stereocenters. The van der Waals surface area contributed by atoms with E-state index >= 15 is 0 Å². The van der Waals surface area contributed by atoms with Crippen LogP contribution in [0.4, 0.5) is 5.13 Å². The molecule has 0 saturated carbocycles. The summed E-state index contributed by atoms with van der Waals surface area (Å²) in [5.74, 6) is -0.0758. The average Bonchev–Trinajstić information content (AvgIpc) is 3.06. The van der Waals surface area contributed by atoms with Gasteiger partial charge in [-0.1, -0.05) is 35.6 Å². The van der Waals surface area contributed by atoms with Crippen LogP contribution in [-0.4, -0.2) is 47.1 Å². The second-order valence-electron chi connectivity index (χ2n) is 5.76. The van der Waals surface area contributed by atoms with Crippen LogP contribution in [0.5, 0.6) is 5.75 Å². The lowest BCUT2D eigenvalue weighted by Gasteiger charge is -2.34. The number of anilines is 1. The number of amides is 1. The number of rotatable bonds is 2. The van der Waals surface area contributed by atoms with E-state index in [1.54, 1.807) is 40.5 Å². The SMILES string of the molecule is O=C(c1ccccc1O)N1CCN(c2nc3ccccc3s2)CC1. The molecular formula is C18H17N3O2S. The molecule has 122 valence electrons. The molecule has 3 aromatic rings. The molecule has 2 heterocycles. The first kappa shape index (κ1) is 15.0. The van der Waals surface area contributed by atoms with Crippen molar-refractivity contribution in [1.29, 1.82) is 0 Å². The molecule has 0 radical (unpaired) electrons. The molecule has 1 amide bonds. The standard InChI is InChI=1S/C18H17N3O2S/c22-15-7-3-1-5-13(15)17(23)20-9-11-21(12-10-20)18-19-14-6-2-4-8-16(14)24-18/h1-8,22H,9-12H2. The fourth-order valence-corrected chi connectivity index (χ4v) is 3.94. The lowest BCUT2D eigenvalue weighted by molar-refractivity contribution is 0.0743. The zero-order chi connectivity index (χ0) is 16.5. The van der Waals surface area contributed by atoms with Gasteiger partial charge < -0.3 is 14.9 Å². The minimum atomic E-state index is -0.114. The van der Waals surface area contributed by atoms with Gasteiger partial charge in [0.25, 0.3) is 5.91 Å². The fourth-order valence-electron chi connectivity index (χ4n) is 2.92. The highest BCUT2D eigenvalue weighted by Crippen LogP contribution is 2.29. The van der Waals surface area contributed by atoms with Crippen molar-refractivity contribution in [2.75, 3.05) is 31.1 Å². The smallest absolute Gasteiger partial charge is 0.257 e. The highest BCUT2D eigenvalue weighted by atomic mass is 32.1. The molecule has 5 nitrogen and oxygen atoms in total. The number of piperazine rings is 1. The summed E-state index contributed by atoms with van der Waals surface area (Å²) in [7, 11) is 0. The van der Waals surface area contributed by atoms with Crippen molar-refractivity contribution in [3.63, 3.8) is 0 Å². The van der Waals surface area contributed by atoms with Gasteiger partial charge in [-0.2, -0.15) is 0 Å². The van der Waals surface area contributed by atoms with Crippen LogP contribution in [0.2, 0.25) is 0 Å². The first-order chi connectivity index (χ1) is 11.7. The number of nitrogens with zero attached hydrogens (tertiary/aromatic N) is 3. The van der Waals surface area contributed by atoms with E-state index in [1.165, 1.54) is 4.70 Å². The zero-order valence-electron chi connectivity index (χ0n) is 13.1. The number of benzene rings is 2. The Labute approximate surface area is 143 Å². The Morgan fingerprint density at radius 3 is 2.46 bits per heavy atom. The molecule has 1 aliphatic rings. The van der Waals surface area contributed by atoms with Gasteiger partial charge in [0, 0.05) is 26.2 Å². The minimum Gasteiger partial charge on any atom is -0.507 e. The van der Waals surface area contributed by atoms with Gasteiger partial charge in [-0.15, -0.1) is 0 Å². The summed E-state index contributed by atoms with van der Waals surface area (Å²) in [5, 5.41) is 10.9. The van der Waals surface area contributed by atoms with Crippen molar-refractivity contribution in [3.05, 3.63) is 54.1 Å². The lowest BCUT2D eigenvalue weighted by Crippen LogP contribution is -2.48. The van der Waals surface area contributed by atoms with Crippen molar-refractivity contribution in [1.82, 2.24) is 9.88 Å². The van der Waals surface area contributed by atoms with Crippen LogP contribution < -0.4 is 4.90 Å². The third-order valence-corrected chi connectivity index (χ3v) is 5.35. The summed E-state index contributed by atoms with van der Waals surface area (Å²) in [6.45, 7) is 2.75. The highest BCUT2D eigenvalue weighted by Gasteiger charge is 2.25. The summed E-state index contributed by atoms with van der Waals surface area (Å²) in [6.07, 6.45) is 0. The van der Waals surface area contributed by atoms with Crippen molar-refractivity contribution in [2.45, 2.75) is 0 Å². The monoisotopic (exact) mass is 339 g/mol. The Kier molecular flexibility index (Phi) is 3.82. The van der Waals surface area contributed by atoms with Crippen molar-refractivity contribution in [3.8, 4) is 5.75 Å². The van der Waals surface area contributed by atoms with Crippen LogP contribution in [0.15, 0.2) is 48.5 Å². The molecule has 0 unspecified atom stereocenters. The molecule has 6 heteroatoms. The Bertz CT molecular complexity index is 852. The van der Waals surface area contributed by atoms with Crippen LogP contribution in [0.1, 0.15) is 10.4 Å².